The molecule has 0 saturated carbocycles. The molecule has 2 aromatic rings. The summed E-state index contributed by atoms with van der Waals surface area (Å²) in [6.45, 7) is 6.03. The van der Waals surface area contributed by atoms with E-state index in [2.05, 4.69) is 0 Å². The molecule has 3 nitrogen and oxygen atoms in total. The van der Waals surface area contributed by atoms with E-state index in [1.54, 1.807) is 13.4 Å². The first-order chi connectivity index (χ1) is 8.99. The van der Waals surface area contributed by atoms with Crippen LogP contribution in [0, 0.1) is 0 Å². The van der Waals surface area contributed by atoms with Gasteiger partial charge in [-0.1, -0.05) is 24.3 Å². The molecule has 100 valence electrons. The molecule has 0 atom stereocenters. The van der Waals surface area contributed by atoms with Crippen LogP contribution in [0.5, 0.6) is 0 Å². The Kier molecular flexibility index (Phi) is 4.12. The molecule has 4 heteroatoms. The highest BCUT2D eigenvalue weighted by Gasteiger charge is 2.26. The molecule has 0 N–H and O–H groups in total. The van der Waals surface area contributed by atoms with Gasteiger partial charge in [0.2, 0.25) is 0 Å². The van der Waals surface area contributed by atoms with Crippen molar-refractivity contribution in [2.75, 3.05) is 7.11 Å². The second-order valence-electron chi connectivity index (χ2n) is 5.40. The first kappa shape index (κ1) is 13.9. The molecular weight excluding hydrogens is 239 g/mol. The Hall–Kier alpha value is -1.52. The maximum atomic E-state index is 5.89. The molecule has 2 rings (SSSR count). The minimum atomic E-state index is -0.380. The summed E-state index contributed by atoms with van der Waals surface area (Å²) in [5, 5.41) is 0. The van der Waals surface area contributed by atoms with E-state index in [-0.39, 0.29) is 12.7 Å². The van der Waals surface area contributed by atoms with E-state index in [0.717, 1.165) is 16.8 Å². The highest BCUT2D eigenvalue weighted by Crippen LogP contribution is 2.19. The van der Waals surface area contributed by atoms with Crippen molar-refractivity contribution in [3.63, 3.8) is 0 Å². The maximum Gasteiger partial charge on any atom is 0.494 e. The van der Waals surface area contributed by atoms with Gasteiger partial charge >= 0.3 is 7.12 Å². The molecule has 0 aliphatic rings. The minimum Gasteiger partial charge on any atom is -0.464 e. The zero-order valence-electron chi connectivity index (χ0n) is 11.8. The van der Waals surface area contributed by atoms with Crippen LogP contribution >= 0.6 is 0 Å². The Morgan fingerprint density at radius 2 is 1.89 bits per heavy atom. The van der Waals surface area contributed by atoms with Crippen molar-refractivity contribution in [3.8, 4) is 11.3 Å². The fraction of sp³-hybridized carbons (Fsp3) is 0.333. The third kappa shape index (κ3) is 3.72. The van der Waals surface area contributed by atoms with Crippen LogP contribution in [-0.4, -0.2) is 19.8 Å². The lowest BCUT2D eigenvalue weighted by Gasteiger charge is -2.24. The second kappa shape index (κ2) is 5.64. The van der Waals surface area contributed by atoms with Crippen LogP contribution in [-0.2, 0) is 9.31 Å². The molecule has 0 aliphatic heterocycles. The number of hydrogen-bond donors (Lipinski definition) is 0. The van der Waals surface area contributed by atoms with Gasteiger partial charge in [-0.3, -0.25) is 0 Å². The number of furan rings is 1. The van der Waals surface area contributed by atoms with E-state index >= 15 is 0 Å². The highest BCUT2D eigenvalue weighted by molar-refractivity contribution is 6.61. The fourth-order valence-electron chi connectivity index (χ4n) is 1.85. The molecule has 0 unspecified atom stereocenters. The second-order valence-corrected chi connectivity index (χ2v) is 5.40. The standard InChI is InChI=1S/C15H19BO3/c1-15(2,3)19-16(17-4)13-8-5-7-12(11-13)14-9-6-10-18-14/h5-11H,1-4H3. The van der Waals surface area contributed by atoms with E-state index in [1.807, 2.05) is 57.2 Å². The van der Waals surface area contributed by atoms with Crippen LogP contribution in [0.1, 0.15) is 20.8 Å². The maximum absolute atomic E-state index is 5.89. The minimum absolute atomic E-state index is 0.263. The van der Waals surface area contributed by atoms with Gasteiger partial charge in [0.15, 0.2) is 0 Å². The number of hydrogen-bond acceptors (Lipinski definition) is 3. The summed E-state index contributed by atoms with van der Waals surface area (Å²) in [4.78, 5) is 0. The molecule has 0 saturated heterocycles. The Morgan fingerprint density at radius 1 is 1.11 bits per heavy atom. The molecule has 19 heavy (non-hydrogen) atoms. The fourth-order valence-corrected chi connectivity index (χ4v) is 1.85. The monoisotopic (exact) mass is 258 g/mol. The highest BCUT2D eigenvalue weighted by atomic mass is 16.6. The van der Waals surface area contributed by atoms with Crippen molar-refractivity contribution in [2.24, 2.45) is 0 Å². The smallest absolute Gasteiger partial charge is 0.464 e. The van der Waals surface area contributed by atoms with Crippen molar-refractivity contribution in [1.82, 2.24) is 0 Å². The SMILES string of the molecule is COB(OC(C)(C)C)c1cccc(-c2ccco2)c1. The van der Waals surface area contributed by atoms with Gasteiger partial charge < -0.3 is 13.7 Å². The van der Waals surface area contributed by atoms with Crippen molar-refractivity contribution in [2.45, 2.75) is 26.4 Å². The van der Waals surface area contributed by atoms with Crippen molar-refractivity contribution >= 4 is 12.6 Å². The molecule has 0 amide bonds. The van der Waals surface area contributed by atoms with Gasteiger partial charge in [-0.15, -0.1) is 0 Å². The largest absolute Gasteiger partial charge is 0.494 e. The first-order valence-corrected chi connectivity index (χ1v) is 6.34. The third-order valence-corrected chi connectivity index (χ3v) is 2.64. The molecule has 0 spiro atoms. The predicted molar refractivity (Wildman–Crippen MR) is 77.4 cm³/mol. The van der Waals surface area contributed by atoms with E-state index in [4.69, 9.17) is 13.7 Å². The van der Waals surface area contributed by atoms with Crippen LogP contribution in [0.3, 0.4) is 0 Å². The first-order valence-electron chi connectivity index (χ1n) is 6.34. The molecule has 0 fully saturated rings. The summed E-state index contributed by atoms with van der Waals surface area (Å²) in [5.74, 6) is 0.840. The van der Waals surface area contributed by atoms with Crippen molar-refractivity contribution < 1.29 is 13.7 Å². The van der Waals surface area contributed by atoms with Gasteiger partial charge in [0.1, 0.15) is 5.76 Å². The summed E-state index contributed by atoms with van der Waals surface area (Å²) in [6.07, 6.45) is 1.67. The van der Waals surface area contributed by atoms with Gasteiger partial charge in [0.25, 0.3) is 0 Å². The Morgan fingerprint density at radius 3 is 2.47 bits per heavy atom. The van der Waals surface area contributed by atoms with Crippen LogP contribution in [0.15, 0.2) is 47.1 Å². The predicted octanol–water partition coefficient (Wildman–Crippen LogP) is 3.10. The lowest BCUT2D eigenvalue weighted by molar-refractivity contribution is 0.0982. The van der Waals surface area contributed by atoms with E-state index in [1.165, 1.54) is 0 Å². The Bertz CT molecular complexity index is 514. The molecular formula is C15H19BO3. The van der Waals surface area contributed by atoms with E-state index in [0.29, 0.717) is 0 Å². The molecule has 1 aromatic carbocycles. The van der Waals surface area contributed by atoms with Gasteiger partial charge in [-0.25, -0.2) is 0 Å². The summed E-state index contributed by atoms with van der Waals surface area (Å²) in [7, 11) is 1.27. The van der Waals surface area contributed by atoms with Gasteiger partial charge in [-0.2, -0.15) is 0 Å². The van der Waals surface area contributed by atoms with E-state index in [9.17, 15) is 0 Å². The Balaban J connectivity index is 2.26. The van der Waals surface area contributed by atoms with Gasteiger partial charge in [0, 0.05) is 18.3 Å². The summed E-state index contributed by atoms with van der Waals surface area (Å²) >= 11 is 0. The zero-order valence-corrected chi connectivity index (χ0v) is 11.8. The van der Waals surface area contributed by atoms with Crippen LogP contribution < -0.4 is 5.46 Å². The quantitative estimate of drug-likeness (QED) is 0.789. The summed E-state index contributed by atoms with van der Waals surface area (Å²) in [5.41, 5.74) is 1.73. The average Bonchev–Trinajstić information content (AvgIpc) is 2.89. The number of benzene rings is 1. The van der Waals surface area contributed by atoms with E-state index < -0.39 is 0 Å². The van der Waals surface area contributed by atoms with Crippen LogP contribution in [0.2, 0.25) is 0 Å². The average molecular weight is 258 g/mol. The lowest BCUT2D eigenvalue weighted by atomic mass is 9.77. The topological polar surface area (TPSA) is 31.6 Å². The number of rotatable bonds is 4. The normalized spacial score (nSPS) is 11.6. The molecule has 0 radical (unpaired) electrons. The molecule has 0 bridgehead atoms. The molecule has 0 aliphatic carbocycles. The van der Waals surface area contributed by atoms with Crippen LogP contribution in [0.4, 0.5) is 0 Å². The Labute approximate surface area is 114 Å². The summed E-state index contributed by atoms with van der Waals surface area (Å²) < 4.78 is 16.7. The summed E-state index contributed by atoms with van der Waals surface area (Å²) in [6, 6.07) is 11.8. The lowest BCUT2D eigenvalue weighted by Crippen LogP contribution is -2.42. The molecule has 1 aromatic heterocycles. The zero-order chi connectivity index (χ0) is 13.9. The van der Waals surface area contributed by atoms with Gasteiger partial charge in [0.05, 0.1) is 6.26 Å². The van der Waals surface area contributed by atoms with Gasteiger partial charge in [-0.05, 0) is 38.4 Å². The van der Waals surface area contributed by atoms with Crippen LogP contribution in [0.25, 0.3) is 11.3 Å². The van der Waals surface area contributed by atoms with Crippen molar-refractivity contribution in [3.05, 3.63) is 42.7 Å². The van der Waals surface area contributed by atoms with Crippen molar-refractivity contribution in [1.29, 1.82) is 0 Å². The third-order valence-electron chi connectivity index (χ3n) is 2.64. The molecule has 1 heterocycles.